The molecule has 0 amide bonds. The van der Waals surface area contributed by atoms with Gasteiger partial charge in [0, 0.05) is 13.2 Å². The molecule has 2 nitrogen and oxygen atoms in total. The first-order valence-electron chi connectivity index (χ1n) is 6.65. The maximum atomic E-state index is 5.47. The Kier molecular flexibility index (Phi) is 7.03. The van der Waals surface area contributed by atoms with E-state index in [1.165, 1.54) is 45.1 Å². The molecule has 1 fully saturated rings. The van der Waals surface area contributed by atoms with Gasteiger partial charge in [-0.15, -0.1) is 0 Å². The van der Waals surface area contributed by atoms with Crippen molar-refractivity contribution in [3.8, 4) is 0 Å². The van der Waals surface area contributed by atoms with Gasteiger partial charge in [0.1, 0.15) is 0 Å². The maximum Gasteiger partial charge on any atom is 0.0671 e. The van der Waals surface area contributed by atoms with E-state index in [1.807, 2.05) is 0 Å². The molecule has 1 aliphatic rings. The van der Waals surface area contributed by atoms with Gasteiger partial charge in [-0.05, 0) is 32.7 Å². The number of hydrogen-bond acceptors (Lipinski definition) is 2. The van der Waals surface area contributed by atoms with Gasteiger partial charge >= 0.3 is 0 Å². The molecule has 0 heterocycles. The fraction of sp³-hybridized carbons (Fsp3) is 1.00. The summed E-state index contributed by atoms with van der Waals surface area (Å²) in [5.74, 6) is 0.994. The molecule has 0 aliphatic heterocycles. The summed E-state index contributed by atoms with van der Waals surface area (Å²) >= 11 is 0. The average molecular weight is 213 g/mol. The molecule has 2 heteroatoms. The van der Waals surface area contributed by atoms with Gasteiger partial charge in [0.15, 0.2) is 0 Å². The van der Waals surface area contributed by atoms with E-state index in [4.69, 9.17) is 4.74 Å². The van der Waals surface area contributed by atoms with E-state index < -0.39 is 0 Å². The van der Waals surface area contributed by atoms with Crippen molar-refractivity contribution in [2.45, 2.75) is 58.5 Å². The van der Waals surface area contributed by atoms with Crippen LogP contribution in [0.4, 0.5) is 0 Å². The largest absolute Gasteiger partial charge is 0.377 e. The lowest BCUT2D eigenvalue weighted by Crippen LogP contribution is -2.28. The van der Waals surface area contributed by atoms with Gasteiger partial charge in [0.2, 0.25) is 0 Å². The summed E-state index contributed by atoms with van der Waals surface area (Å²) < 4.78 is 5.47. The highest BCUT2D eigenvalue weighted by atomic mass is 16.5. The molecule has 1 saturated carbocycles. The van der Waals surface area contributed by atoms with Crippen LogP contribution in [-0.4, -0.2) is 25.8 Å². The zero-order valence-electron chi connectivity index (χ0n) is 10.4. The van der Waals surface area contributed by atoms with E-state index >= 15 is 0 Å². The second-order valence-corrected chi connectivity index (χ2v) is 4.76. The molecule has 0 aromatic carbocycles. The summed E-state index contributed by atoms with van der Waals surface area (Å²) in [6.45, 7) is 7.18. The Balaban J connectivity index is 1.91. The molecule has 0 bridgehead atoms. The second kappa shape index (κ2) is 8.12. The second-order valence-electron chi connectivity index (χ2n) is 4.76. The predicted octanol–water partition coefficient (Wildman–Crippen LogP) is 2.97. The van der Waals surface area contributed by atoms with Crippen molar-refractivity contribution in [3.63, 3.8) is 0 Å². The van der Waals surface area contributed by atoms with E-state index in [0.29, 0.717) is 6.10 Å². The van der Waals surface area contributed by atoms with Crippen molar-refractivity contribution < 1.29 is 4.74 Å². The molecule has 0 aromatic rings. The molecule has 0 radical (unpaired) electrons. The van der Waals surface area contributed by atoms with Crippen LogP contribution in [0, 0.1) is 5.92 Å². The monoisotopic (exact) mass is 213 g/mol. The van der Waals surface area contributed by atoms with Gasteiger partial charge in [0.05, 0.1) is 6.10 Å². The average Bonchev–Trinajstić information content (AvgIpc) is 2.26. The summed E-state index contributed by atoms with van der Waals surface area (Å²) in [6, 6.07) is 0. The normalized spacial score (nSPS) is 20.4. The first-order chi connectivity index (χ1) is 7.33. The predicted molar refractivity (Wildman–Crippen MR) is 65.1 cm³/mol. The van der Waals surface area contributed by atoms with Gasteiger partial charge in [-0.3, -0.25) is 0 Å². The van der Waals surface area contributed by atoms with Crippen molar-refractivity contribution >= 4 is 0 Å². The van der Waals surface area contributed by atoms with E-state index in [9.17, 15) is 0 Å². The molecular formula is C13H27NO. The Hall–Kier alpha value is -0.0800. The molecule has 1 rings (SSSR count). The Bertz CT molecular complexity index is 143. The summed E-state index contributed by atoms with van der Waals surface area (Å²) in [5.41, 5.74) is 0. The molecule has 1 N–H and O–H groups in total. The van der Waals surface area contributed by atoms with Crippen LogP contribution in [0.15, 0.2) is 0 Å². The van der Waals surface area contributed by atoms with Gasteiger partial charge in [-0.1, -0.05) is 32.1 Å². The van der Waals surface area contributed by atoms with Crippen LogP contribution in [0.2, 0.25) is 0 Å². The van der Waals surface area contributed by atoms with E-state index in [2.05, 4.69) is 19.2 Å². The van der Waals surface area contributed by atoms with E-state index in [1.54, 1.807) is 0 Å². The highest BCUT2D eigenvalue weighted by molar-refractivity contribution is 4.67. The van der Waals surface area contributed by atoms with Crippen LogP contribution in [0.1, 0.15) is 52.4 Å². The Morgan fingerprint density at radius 2 is 2.00 bits per heavy atom. The lowest BCUT2D eigenvalue weighted by atomic mass is 9.87. The summed E-state index contributed by atoms with van der Waals surface area (Å²) in [5, 5.41) is 3.49. The SMILES string of the molecule is CCOC(C)CNCCC1CCCCC1. The molecule has 1 atom stereocenters. The number of ether oxygens (including phenoxy) is 1. The van der Waals surface area contributed by atoms with Crippen LogP contribution in [0.3, 0.4) is 0 Å². The Morgan fingerprint density at radius 3 is 2.67 bits per heavy atom. The highest BCUT2D eigenvalue weighted by Gasteiger charge is 2.12. The van der Waals surface area contributed by atoms with Crippen LogP contribution in [-0.2, 0) is 4.74 Å². The molecule has 0 saturated heterocycles. The Morgan fingerprint density at radius 1 is 1.27 bits per heavy atom. The third-order valence-electron chi connectivity index (χ3n) is 3.34. The third kappa shape index (κ3) is 6.16. The summed E-state index contributed by atoms with van der Waals surface area (Å²) in [7, 11) is 0. The zero-order chi connectivity index (χ0) is 10.9. The van der Waals surface area contributed by atoms with Crippen molar-refractivity contribution in [1.82, 2.24) is 5.32 Å². The number of nitrogens with one attached hydrogen (secondary N) is 1. The van der Waals surface area contributed by atoms with Gasteiger partial charge in [-0.25, -0.2) is 0 Å². The minimum absolute atomic E-state index is 0.362. The van der Waals surface area contributed by atoms with Crippen LogP contribution < -0.4 is 5.32 Å². The van der Waals surface area contributed by atoms with Crippen molar-refractivity contribution in [3.05, 3.63) is 0 Å². The van der Waals surface area contributed by atoms with Gasteiger partial charge in [-0.2, -0.15) is 0 Å². The molecular weight excluding hydrogens is 186 g/mol. The fourth-order valence-corrected chi connectivity index (χ4v) is 2.43. The summed E-state index contributed by atoms with van der Waals surface area (Å²) in [6.07, 6.45) is 9.02. The first kappa shape index (κ1) is 13.0. The topological polar surface area (TPSA) is 21.3 Å². The molecule has 1 aliphatic carbocycles. The molecule has 15 heavy (non-hydrogen) atoms. The Labute approximate surface area is 94.8 Å². The van der Waals surface area contributed by atoms with Crippen molar-refractivity contribution in [2.75, 3.05) is 19.7 Å². The third-order valence-corrected chi connectivity index (χ3v) is 3.34. The molecule has 0 spiro atoms. The molecule has 1 unspecified atom stereocenters. The van der Waals surface area contributed by atoms with Gasteiger partial charge in [0.25, 0.3) is 0 Å². The van der Waals surface area contributed by atoms with E-state index in [0.717, 1.165) is 19.1 Å². The maximum absolute atomic E-state index is 5.47. The smallest absolute Gasteiger partial charge is 0.0671 e. The summed E-state index contributed by atoms with van der Waals surface area (Å²) in [4.78, 5) is 0. The van der Waals surface area contributed by atoms with Crippen LogP contribution in [0.25, 0.3) is 0 Å². The molecule has 0 aromatic heterocycles. The minimum atomic E-state index is 0.362. The van der Waals surface area contributed by atoms with Crippen LogP contribution >= 0.6 is 0 Å². The number of hydrogen-bond donors (Lipinski definition) is 1. The van der Waals surface area contributed by atoms with Crippen LogP contribution in [0.5, 0.6) is 0 Å². The fourth-order valence-electron chi connectivity index (χ4n) is 2.43. The van der Waals surface area contributed by atoms with E-state index in [-0.39, 0.29) is 0 Å². The van der Waals surface area contributed by atoms with Gasteiger partial charge < -0.3 is 10.1 Å². The highest BCUT2D eigenvalue weighted by Crippen LogP contribution is 2.25. The van der Waals surface area contributed by atoms with Crippen molar-refractivity contribution in [2.24, 2.45) is 5.92 Å². The first-order valence-corrected chi connectivity index (χ1v) is 6.65. The lowest BCUT2D eigenvalue weighted by Gasteiger charge is -2.22. The quantitative estimate of drug-likeness (QED) is 0.656. The zero-order valence-corrected chi connectivity index (χ0v) is 10.4. The molecule has 90 valence electrons. The lowest BCUT2D eigenvalue weighted by molar-refractivity contribution is 0.0759. The van der Waals surface area contributed by atoms with Crippen molar-refractivity contribution in [1.29, 1.82) is 0 Å². The standard InChI is InChI=1S/C13H27NO/c1-3-15-12(2)11-14-10-9-13-7-5-4-6-8-13/h12-14H,3-11H2,1-2H3. The minimum Gasteiger partial charge on any atom is -0.377 e. The number of rotatable bonds is 7.